The van der Waals surface area contributed by atoms with Crippen molar-refractivity contribution in [1.29, 1.82) is 0 Å². The molecular formula is C12H17N3. The van der Waals surface area contributed by atoms with E-state index >= 15 is 0 Å². The van der Waals surface area contributed by atoms with Gasteiger partial charge in [0.15, 0.2) is 0 Å². The third-order valence-electron chi connectivity index (χ3n) is 2.66. The van der Waals surface area contributed by atoms with Crippen molar-refractivity contribution in [3.8, 4) is 0 Å². The fraction of sp³-hybridized carbons (Fsp3) is 0.417. The molecule has 15 heavy (non-hydrogen) atoms. The van der Waals surface area contributed by atoms with E-state index in [9.17, 15) is 0 Å². The lowest BCUT2D eigenvalue weighted by molar-refractivity contribution is 0.818. The maximum absolute atomic E-state index is 5.52. The Morgan fingerprint density at radius 1 is 1.33 bits per heavy atom. The van der Waals surface area contributed by atoms with Crippen LogP contribution in [0.15, 0.2) is 18.3 Å². The van der Waals surface area contributed by atoms with Gasteiger partial charge in [-0.15, -0.1) is 0 Å². The number of hydrogen-bond donors (Lipinski definition) is 1. The zero-order valence-corrected chi connectivity index (χ0v) is 9.33. The van der Waals surface area contributed by atoms with Crippen LogP contribution >= 0.6 is 0 Å². The van der Waals surface area contributed by atoms with E-state index in [0.29, 0.717) is 0 Å². The summed E-state index contributed by atoms with van der Waals surface area (Å²) in [7, 11) is 0. The molecule has 0 radical (unpaired) electrons. The molecule has 0 spiro atoms. The Balaban J connectivity index is 2.48. The van der Waals surface area contributed by atoms with Gasteiger partial charge in [0.05, 0.1) is 11.2 Å². The Bertz CT molecular complexity index is 471. The van der Waals surface area contributed by atoms with Crippen molar-refractivity contribution in [1.82, 2.24) is 9.38 Å². The highest BCUT2D eigenvalue weighted by atomic mass is 15.0. The van der Waals surface area contributed by atoms with Crippen LogP contribution in [0.1, 0.15) is 23.5 Å². The molecule has 0 aliphatic rings. The monoisotopic (exact) mass is 203 g/mol. The van der Waals surface area contributed by atoms with Gasteiger partial charge in [0.2, 0.25) is 0 Å². The summed E-state index contributed by atoms with van der Waals surface area (Å²) in [4.78, 5) is 4.58. The van der Waals surface area contributed by atoms with Gasteiger partial charge in [0, 0.05) is 6.20 Å². The van der Waals surface area contributed by atoms with Crippen LogP contribution in [0.4, 0.5) is 0 Å². The first-order valence-corrected chi connectivity index (χ1v) is 5.36. The second-order valence-corrected chi connectivity index (χ2v) is 3.96. The summed E-state index contributed by atoms with van der Waals surface area (Å²) in [6, 6.07) is 4.27. The van der Waals surface area contributed by atoms with Crippen molar-refractivity contribution in [2.45, 2.75) is 26.7 Å². The van der Waals surface area contributed by atoms with Crippen LogP contribution in [0.25, 0.3) is 5.52 Å². The topological polar surface area (TPSA) is 43.3 Å². The minimum absolute atomic E-state index is 0.726. The second kappa shape index (κ2) is 4.03. The van der Waals surface area contributed by atoms with Gasteiger partial charge >= 0.3 is 0 Å². The van der Waals surface area contributed by atoms with E-state index in [-0.39, 0.29) is 0 Å². The highest BCUT2D eigenvalue weighted by Crippen LogP contribution is 2.15. The van der Waals surface area contributed by atoms with Gasteiger partial charge in [0.1, 0.15) is 5.82 Å². The molecule has 0 atom stereocenters. The quantitative estimate of drug-likeness (QED) is 0.827. The fourth-order valence-electron chi connectivity index (χ4n) is 1.87. The van der Waals surface area contributed by atoms with Gasteiger partial charge in [-0.3, -0.25) is 0 Å². The van der Waals surface area contributed by atoms with E-state index in [4.69, 9.17) is 5.73 Å². The lowest BCUT2D eigenvalue weighted by atomic mass is 10.2. The summed E-state index contributed by atoms with van der Waals surface area (Å²) in [5.41, 5.74) is 9.15. The molecule has 3 nitrogen and oxygen atoms in total. The average molecular weight is 203 g/mol. The summed E-state index contributed by atoms with van der Waals surface area (Å²) in [5.74, 6) is 1.06. The van der Waals surface area contributed by atoms with Crippen LogP contribution in [-0.4, -0.2) is 15.9 Å². The Morgan fingerprint density at radius 2 is 2.13 bits per heavy atom. The van der Waals surface area contributed by atoms with Crippen molar-refractivity contribution >= 4 is 5.52 Å². The number of hydrogen-bond acceptors (Lipinski definition) is 2. The molecule has 0 unspecified atom stereocenters. The Kier molecular flexibility index (Phi) is 2.73. The number of nitrogens with zero attached hydrogens (tertiary/aromatic N) is 2. The highest BCUT2D eigenvalue weighted by Gasteiger charge is 2.06. The smallest absolute Gasteiger partial charge is 0.110 e. The van der Waals surface area contributed by atoms with Crippen LogP contribution in [0.2, 0.25) is 0 Å². The van der Waals surface area contributed by atoms with E-state index in [2.05, 4.69) is 34.6 Å². The normalized spacial score (nSPS) is 11.1. The maximum atomic E-state index is 5.52. The summed E-state index contributed by atoms with van der Waals surface area (Å²) < 4.78 is 2.15. The zero-order chi connectivity index (χ0) is 10.8. The summed E-state index contributed by atoms with van der Waals surface area (Å²) in [5, 5.41) is 0. The Hall–Kier alpha value is -1.35. The van der Waals surface area contributed by atoms with E-state index < -0.39 is 0 Å². The van der Waals surface area contributed by atoms with E-state index in [0.717, 1.165) is 30.9 Å². The number of aryl methyl sites for hydroxylation is 3. The molecule has 2 N–H and O–H groups in total. The van der Waals surface area contributed by atoms with Gasteiger partial charge in [-0.25, -0.2) is 4.98 Å². The molecule has 0 saturated carbocycles. The minimum atomic E-state index is 0.726. The molecule has 0 aliphatic carbocycles. The molecule has 0 saturated heterocycles. The molecular weight excluding hydrogens is 186 g/mol. The lowest BCUT2D eigenvalue weighted by Gasteiger charge is -1.99. The van der Waals surface area contributed by atoms with Gasteiger partial charge in [0.25, 0.3) is 0 Å². The van der Waals surface area contributed by atoms with Gasteiger partial charge < -0.3 is 10.1 Å². The van der Waals surface area contributed by atoms with Gasteiger partial charge in [-0.1, -0.05) is 6.07 Å². The Morgan fingerprint density at radius 3 is 2.87 bits per heavy atom. The first kappa shape index (κ1) is 10.2. The molecule has 2 aromatic heterocycles. The van der Waals surface area contributed by atoms with E-state index in [1.165, 1.54) is 11.1 Å². The van der Waals surface area contributed by atoms with Crippen LogP contribution in [0, 0.1) is 13.8 Å². The maximum Gasteiger partial charge on any atom is 0.110 e. The third kappa shape index (κ3) is 1.88. The lowest BCUT2D eigenvalue weighted by Crippen LogP contribution is -2.00. The minimum Gasteiger partial charge on any atom is -0.330 e. The molecule has 80 valence electrons. The van der Waals surface area contributed by atoms with Crippen LogP contribution in [-0.2, 0) is 6.42 Å². The SMILES string of the molecule is Cc1ccc2c(CCCN)nc(C)n2c1. The molecule has 3 heteroatoms. The van der Waals surface area contributed by atoms with Crippen LogP contribution in [0.3, 0.4) is 0 Å². The van der Waals surface area contributed by atoms with Crippen molar-refractivity contribution < 1.29 is 0 Å². The number of rotatable bonds is 3. The van der Waals surface area contributed by atoms with Crippen LogP contribution < -0.4 is 5.73 Å². The molecule has 0 aliphatic heterocycles. The molecule has 0 bridgehead atoms. The third-order valence-corrected chi connectivity index (χ3v) is 2.66. The number of aromatic nitrogens is 2. The highest BCUT2D eigenvalue weighted by molar-refractivity contribution is 5.54. The standard InChI is InChI=1S/C12H17N3/c1-9-5-6-12-11(4-3-7-13)14-10(2)15(12)8-9/h5-6,8H,3-4,7,13H2,1-2H3. The second-order valence-electron chi connectivity index (χ2n) is 3.96. The van der Waals surface area contributed by atoms with Gasteiger partial charge in [-0.05, 0) is 44.9 Å². The number of imidazole rings is 1. The molecule has 2 aromatic rings. The summed E-state index contributed by atoms with van der Waals surface area (Å²) in [6.07, 6.45) is 4.10. The molecule has 0 fully saturated rings. The van der Waals surface area contributed by atoms with Crippen molar-refractivity contribution in [2.24, 2.45) is 5.73 Å². The van der Waals surface area contributed by atoms with Gasteiger partial charge in [-0.2, -0.15) is 0 Å². The van der Waals surface area contributed by atoms with Crippen molar-refractivity contribution in [3.63, 3.8) is 0 Å². The first-order chi connectivity index (χ1) is 7.22. The predicted octanol–water partition coefficient (Wildman–Crippen LogP) is 1.84. The molecule has 0 aromatic carbocycles. The van der Waals surface area contributed by atoms with Crippen molar-refractivity contribution in [2.75, 3.05) is 6.54 Å². The van der Waals surface area contributed by atoms with E-state index in [1.54, 1.807) is 0 Å². The summed E-state index contributed by atoms with van der Waals surface area (Å²) >= 11 is 0. The number of pyridine rings is 1. The zero-order valence-electron chi connectivity index (χ0n) is 9.33. The molecule has 0 amide bonds. The van der Waals surface area contributed by atoms with E-state index in [1.807, 2.05) is 6.92 Å². The fourth-order valence-corrected chi connectivity index (χ4v) is 1.87. The van der Waals surface area contributed by atoms with Crippen LogP contribution in [0.5, 0.6) is 0 Å². The average Bonchev–Trinajstić information content (AvgIpc) is 2.53. The predicted molar refractivity (Wildman–Crippen MR) is 62.0 cm³/mol. The Labute approximate surface area is 89.9 Å². The molecule has 2 rings (SSSR count). The summed E-state index contributed by atoms with van der Waals surface area (Å²) in [6.45, 7) is 4.86. The number of nitrogens with two attached hydrogens (primary N) is 1. The molecule has 2 heterocycles. The van der Waals surface area contributed by atoms with Crippen molar-refractivity contribution in [3.05, 3.63) is 35.4 Å². The number of fused-ring (bicyclic) bond motifs is 1. The largest absolute Gasteiger partial charge is 0.330 e. The first-order valence-electron chi connectivity index (χ1n) is 5.36.